The number of halogens is 3. The van der Waals surface area contributed by atoms with Crippen LogP contribution in [-0.2, 0) is 6.42 Å². The molecule has 1 N–H and O–H groups in total. The van der Waals surface area contributed by atoms with Gasteiger partial charge in [0, 0.05) is 0 Å². The summed E-state index contributed by atoms with van der Waals surface area (Å²) in [7, 11) is 0. The molecule has 108 valence electrons. The molecule has 0 aliphatic carbocycles. The molecule has 1 aromatic carbocycles. The molecular formula is C13H13F3N2O2. The highest BCUT2D eigenvalue weighted by molar-refractivity contribution is 5.84. The van der Waals surface area contributed by atoms with Crippen molar-refractivity contribution in [1.29, 1.82) is 0 Å². The fraction of sp³-hybridized carbons (Fsp3) is 0.385. The number of aliphatic hydroxyl groups is 1. The third-order valence-electron chi connectivity index (χ3n) is 2.73. The van der Waals surface area contributed by atoms with Crippen molar-refractivity contribution >= 4 is 10.9 Å². The first-order valence-corrected chi connectivity index (χ1v) is 6.08. The molecule has 0 atom stereocenters. The highest BCUT2D eigenvalue weighted by atomic mass is 19.3. The summed E-state index contributed by atoms with van der Waals surface area (Å²) in [6.45, 7) is 1.42. The maximum atomic E-state index is 13.9. The molecule has 0 fully saturated rings. The lowest BCUT2D eigenvalue weighted by Gasteiger charge is -2.10. The van der Waals surface area contributed by atoms with E-state index in [1.54, 1.807) is 6.07 Å². The Morgan fingerprint density at radius 3 is 2.65 bits per heavy atom. The molecular weight excluding hydrogens is 273 g/mol. The van der Waals surface area contributed by atoms with Crippen LogP contribution < -0.4 is 4.74 Å². The van der Waals surface area contributed by atoms with Crippen molar-refractivity contribution < 1.29 is 23.0 Å². The van der Waals surface area contributed by atoms with Crippen LogP contribution in [0.25, 0.3) is 10.9 Å². The van der Waals surface area contributed by atoms with Gasteiger partial charge in [0.05, 0.1) is 12.0 Å². The predicted octanol–water partition coefficient (Wildman–Crippen LogP) is 2.64. The summed E-state index contributed by atoms with van der Waals surface area (Å²) in [6.07, 6.45) is -2.36. The minimum atomic E-state index is -2.93. The Bertz CT molecular complexity index is 620. The SMILES string of the molecule is CCc1cc(F)c2nc(C(F)F)nc(OCCO)c2c1. The van der Waals surface area contributed by atoms with Crippen molar-refractivity contribution in [2.45, 2.75) is 19.8 Å². The summed E-state index contributed by atoms with van der Waals surface area (Å²) in [5, 5.41) is 8.96. The summed E-state index contributed by atoms with van der Waals surface area (Å²) in [5.41, 5.74) is 0.470. The third kappa shape index (κ3) is 2.82. The van der Waals surface area contributed by atoms with E-state index in [2.05, 4.69) is 9.97 Å². The Balaban J connectivity index is 2.67. The van der Waals surface area contributed by atoms with Crippen LogP contribution in [0.5, 0.6) is 5.88 Å². The molecule has 0 aliphatic rings. The van der Waals surface area contributed by atoms with Gasteiger partial charge in [0.2, 0.25) is 5.88 Å². The number of rotatable bonds is 5. The van der Waals surface area contributed by atoms with Crippen molar-refractivity contribution in [3.05, 3.63) is 29.3 Å². The number of nitrogens with zero attached hydrogens (tertiary/aromatic N) is 2. The number of ether oxygens (including phenoxy) is 1. The van der Waals surface area contributed by atoms with E-state index in [0.717, 1.165) is 0 Å². The normalized spacial score (nSPS) is 11.3. The zero-order chi connectivity index (χ0) is 14.7. The molecule has 4 nitrogen and oxygen atoms in total. The lowest BCUT2D eigenvalue weighted by atomic mass is 10.1. The smallest absolute Gasteiger partial charge is 0.297 e. The standard InChI is InChI=1S/C13H13F3N2O2/c1-2-7-5-8-10(9(14)6-7)17-12(11(15)16)18-13(8)20-4-3-19/h5-6,11,19H,2-4H2,1H3. The van der Waals surface area contributed by atoms with E-state index in [1.807, 2.05) is 6.92 Å². The van der Waals surface area contributed by atoms with Crippen molar-refractivity contribution in [3.8, 4) is 5.88 Å². The molecule has 1 heterocycles. The lowest BCUT2D eigenvalue weighted by Crippen LogP contribution is -2.07. The lowest BCUT2D eigenvalue weighted by molar-refractivity contribution is 0.138. The maximum Gasteiger partial charge on any atom is 0.297 e. The molecule has 0 radical (unpaired) electrons. The van der Waals surface area contributed by atoms with Gasteiger partial charge in [0.1, 0.15) is 17.9 Å². The van der Waals surface area contributed by atoms with Gasteiger partial charge in [-0.15, -0.1) is 0 Å². The van der Waals surface area contributed by atoms with Gasteiger partial charge in [-0.25, -0.2) is 18.2 Å². The molecule has 0 spiro atoms. The van der Waals surface area contributed by atoms with Crippen LogP contribution in [-0.4, -0.2) is 28.3 Å². The molecule has 0 amide bonds. The summed E-state index contributed by atoms with van der Waals surface area (Å²) in [4.78, 5) is 7.13. The number of alkyl halides is 2. The number of hydrogen-bond acceptors (Lipinski definition) is 4. The molecule has 7 heteroatoms. The monoisotopic (exact) mass is 286 g/mol. The first kappa shape index (κ1) is 14.5. The number of aliphatic hydroxyl groups excluding tert-OH is 1. The molecule has 0 saturated heterocycles. The highest BCUT2D eigenvalue weighted by Gasteiger charge is 2.18. The number of benzene rings is 1. The van der Waals surface area contributed by atoms with Gasteiger partial charge in [0.25, 0.3) is 6.43 Å². The predicted molar refractivity (Wildman–Crippen MR) is 66.4 cm³/mol. The van der Waals surface area contributed by atoms with Gasteiger partial charge in [-0.2, -0.15) is 4.98 Å². The summed E-state index contributed by atoms with van der Waals surface area (Å²) in [5.74, 6) is -1.64. The Morgan fingerprint density at radius 1 is 1.30 bits per heavy atom. The molecule has 0 saturated carbocycles. The van der Waals surface area contributed by atoms with E-state index < -0.39 is 18.1 Å². The summed E-state index contributed by atoms with van der Waals surface area (Å²) >= 11 is 0. The number of aromatic nitrogens is 2. The molecule has 2 rings (SSSR count). The Labute approximate surface area is 113 Å². The first-order valence-electron chi connectivity index (χ1n) is 6.08. The maximum absolute atomic E-state index is 13.9. The third-order valence-corrected chi connectivity index (χ3v) is 2.73. The van der Waals surface area contributed by atoms with E-state index in [4.69, 9.17) is 9.84 Å². The second-order valence-corrected chi connectivity index (χ2v) is 4.09. The molecule has 2 aromatic rings. The number of aryl methyl sites for hydroxylation is 1. The molecule has 0 aliphatic heterocycles. The van der Waals surface area contributed by atoms with Gasteiger partial charge >= 0.3 is 0 Å². The number of fused-ring (bicyclic) bond motifs is 1. The minimum absolute atomic E-state index is 0.118. The van der Waals surface area contributed by atoms with Gasteiger partial charge in [0.15, 0.2) is 5.82 Å². The van der Waals surface area contributed by atoms with Crippen LogP contribution in [0.3, 0.4) is 0 Å². The van der Waals surface area contributed by atoms with Crippen molar-refractivity contribution in [3.63, 3.8) is 0 Å². The van der Waals surface area contributed by atoms with Crippen LogP contribution in [0.1, 0.15) is 24.7 Å². The van der Waals surface area contributed by atoms with Gasteiger partial charge in [-0.1, -0.05) is 6.92 Å². The van der Waals surface area contributed by atoms with E-state index in [-0.39, 0.29) is 30.0 Å². The van der Waals surface area contributed by atoms with Crippen LogP contribution in [0.4, 0.5) is 13.2 Å². The zero-order valence-electron chi connectivity index (χ0n) is 10.7. The van der Waals surface area contributed by atoms with E-state index in [1.165, 1.54) is 6.07 Å². The summed E-state index contributed by atoms with van der Waals surface area (Å²) in [6, 6.07) is 2.85. The van der Waals surface area contributed by atoms with E-state index in [0.29, 0.717) is 12.0 Å². The van der Waals surface area contributed by atoms with Crippen LogP contribution >= 0.6 is 0 Å². The average Bonchev–Trinajstić information content (AvgIpc) is 2.44. The Hall–Kier alpha value is -1.89. The largest absolute Gasteiger partial charge is 0.475 e. The Morgan fingerprint density at radius 2 is 2.05 bits per heavy atom. The van der Waals surface area contributed by atoms with Crippen molar-refractivity contribution in [1.82, 2.24) is 9.97 Å². The van der Waals surface area contributed by atoms with Crippen molar-refractivity contribution in [2.24, 2.45) is 0 Å². The minimum Gasteiger partial charge on any atom is -0.475 e. The fourth-order valence-corrected chi connectivity index (χ4v) is 1.79. The fourth-order valence-electron chi connectivity index (χ4n) is 1.79. The average molecular weight is 286 g/mol. The zero-order valence-corrected chi connectivity index (χ0v) is 10.7. The molecule has 20 heavy (non-hydrogen) atoms. The van der Waals surface area contributed by atoms with Crippen molar-refractivity contribution in [2.75, 3.05) is 13.2 Å². The second-order valence-electron chi connectivity index (χ2n) is 4.09. The summed E-state index contributed by atoms with van der Waals surface area (Å²) < 4.78 is 44.5. The Kier molecular flexibility index (Phi) is 4.39. The first-order chi connectivity index (χ1) is 9.56. The molecule has 1 aromatic heterocycles. The number of hydrogen-bond donors (Lipinski definition) is 1. The van der Waals surface area contributed by atoms with Gasteiger partial charge in [-0.05, 0) is 24.1 Å². The molecule has 0 bridgehead atoms. The topological polar surface area (TPSA) is 55.2 Å². The second kappa shape index (κ2) is 6.04. The van der Waals surface area contributed by atoms with E-state index >= 15 is 0 Å². The van der Waals surface area contributed by atoms with Crippen LogP contribution in [0.2, 0.25) is 0 Å². The van der Waals surface area contributed by atoms with E-state index in [9.17, 15) is 13.2 Å². The van der Waals surface area contributed by atoms with Gasteiger partial charge < -0.3 is 9.84 Å². The van der Waals surface area contributed by atoms with Crippen LogP contribution in [0, 0.1) is 5.82 Å². The highest BCUT2D eigenvalue weighted by Crippen LogP contribution is 2.29. The molecule has 0 unspecified atom stereocenters. The quantitative estimate of drug-likeness (QED) is 0.918. The van der Waals surface area contributed by atoms with Crippen LogP contribution in [0.15, 0.2) is 12.1 Å². The van der Waals surface area contributed by atoms with Gasteiger partial charge in [-0.3, -0.25) is 0 Å².